The van der Waals surface area contributed by atoms with Crippen molar-refractivity contribution in [3.63, 3.8) is 0 Å². The van der Waals surface area contributed by atoms with Crippen LogP contribution in [0.4, 0.5) is 0 Å². The van der Waals surface area contributed by atoms with Crippen LogP contribution < -0.4 is 5.32 Å². The SMILES string of the molecule is C.CC.CCC1OC(=O)C(C)C(O)C(C)CC(OC2CC(N(C)C)CC(C)O2)C[C@@H](C)NC(=O)[C@H](C)C[C@]1(C)O. The fourth-order valence-corrected chi connectivity index (χ4v) is 5.77. The minimum absolute atomic E-state index is 0. The summed E-state index contributed by atoms with van der Waals surface area (Å²) in [6.07, 6.45) is 0.861. The van der Waals surface area contributed by atoms with Crippen molar-refractivity contribution in [1.29, 1.82) is 0 Å². The average Bonchev–Trinajstić information content (AvgIpc) is 2.85. The zero-order chi connectivity index (χ0) is 30.1. The molecule has 0 spiro atoms. The highest BCUT2D eigenvalue weighted by atomic mass is 16.7. The first-order valence-electron chi connectivity index (χ1n) is 15.0. The van der Waals surface area contributed by atoms with Gasteiger partial charge in [-0.2, -0.15) is 0 Å². The van der Waals surface area contributed by atoms with Crippen molar-refractivity contribution in [2.24, 2.45) is 17.8 Å². The van der Waals surface area contributed by atoms with E-state index in [0.29, 0.717) is 25.3 Å². The topological polar surface area (TPSA) is 118 Å². The van der Waals surface area contributed by atoms with Gasteiger partial charge in [0.1, 0.15) is 6.10 Å². The van der Waals surface area contributed by atoms with Gasteiger partial charge in [-0.1, -0.05) is 42.0 Å². The maximum atomic E-state index is 13.0. The van der Waals surface area contributed by atoms with Crippen LogP contribution in [0.2, 0.25) is 0 Å². The third kappa shape index (κ3) is 11.6. The highest BCUT2D eigenvalue weighted by Gasteiger charge is 2.40. The standard InChI is InChI=1S/C28H52N2O7.C2H6.CH4/c1-10-23-28(7,34)15-17(3)26(32)29-18(4)12-22(11-16(2)25(31)20(6)27(33)37-23)36-24-14-21(30(8)9)13-19(5)35-24;1-2;/h16-25,31,34H,10-15H2,1-9H3,(H,29,32);1-2H3;1H4/t16?,17-,18-,19?,20?,21?,22?,23?,24?,25?,28+;;/m1../s1. The largest absolute Gasteiger partial charge is 0.459 e. The van der Waals surface area contributed by atoms with Gasteiger partial charge in [0.25, 0.3) is 0 Å². The quantitative estimate of drug-likeness (QED) is 0.420. The molecule has 0 bridgehead atoms. The molecule has 0 aromatic carbocycles. The van der Waals surface area contributed by atoms with E-state index in [4.69, 9.17) is 14.2 Å². The predicted octanol–water partition coefficient (Wildman–Crippen LogP) is 4.52. The molecule has 2 rings (SSSR count). The summed E-state index contributed by atoms with van der Waals surface area (Å²) in [5.41, 5.74) is -1.38. The van der Waals surface area contributed by atoms with Crippen LogP contribution in [0.15, 0.2) is 0 Å². The lowest BCUT2D eigenvalue weighted by molar-refractivity contribution is -0.226. The van der Waals surface area contributed by atoms with E-state index < -0.39 is 41.9 Å². The summed E-state index contributed by atoms with van der Waals surface area (Å²) in [4.78, 5) is 28.2. The monoisotopic (exact) mass is 574 g/mol. The summed E-state index contributed by atoms with van der Waals surface area (Å²) in [6.45, 7) is 16.7. The molecule has 8 unspecified atom stereocenters. The summed E-state index contributed by atoms with van der Waals surface area (Å²) in [5, 5.41) is 25.3. The number of hydrogen-bond donors (Lipinski definition) is 3. The molecule has 0 saturated carbocycles. The number of carbonyl (C=O) groups is 2. The Bertz CT molecular complexity index is 747. The van der Waals surface area contributed by atoms with Crippen LogP contribution in [-0.4, -0.2) is 89.5 Å². The highest BCUT2D eigenvalue weighted by molar-refractivity contribution is 5.78. The number of carbonyl (C=O) groups excluding carboxylic acids is 2. The third-order valence-corrected chi connectivity index (χ3v) is 8.12. The average molecular weight is 575 g/mol. The first-order chi connectivity index (χ1) is 18.1. The number of cyclic esters (lactones) is 1. The van der Waals surface area contributed by atoms with E-state index in [1.54, 1.807) is 20.8 Å². The number of ether oxygens (including phenoxy) is 3. The molecule has 40 heavy (non-hydrogen) atoms. The molecule has 0 radical (unpaired) electrons. The fraction of sp³-hybridized carbons (Fsp3) is 0.935. The number of amides is 1. The molecule has 2 fully saturated rings. The lowest BCUT2D eigenvalue weighted by atomic mass is 9.86. The molecule has 0 aromatic heterocycles. The zero-order valence-corrected chi connectivity index (χ0v) is 26.4. The van der Waals surface area contributed by atoms with Crippen molar-refractivity contribution in [2.45, 2.75) is 157 Å². The second-order valence-corrected chi connectivity index (χ2v) is 12.2. The van der Waals surface area contributed by atoms with Gasteiger partial charge in [0.2, 0.25) is 5.91 Å². The molecule has 9 nitrogen and oxygen atoms in total. The number of aliphatic hydroxyl groups is 2. The van der Waals surface area contributed by atoms with Gasteiger partial charge in [-0.3, -0.25) is 9.59 Å². The first kappa shape index (κ1) is 38.7. The van der Waals surface area contributed by atoms with Crippen molar-refractivity contribution in [3.8, 4) is 0 Å². The number of nitrogens with one attached hydrogen (secondary N) is 1. The molecular formula is C31H62N2O7. The fourth-order valence-electron chi connectivity index (χ4n) is 5.77. The maximum Gasteiger partial charge on any atom is 0.311 e. The highest BCUT2D eigenvalue weighted by Crippen LogP contribution is 2.30. The Labute approximate surface area is 244 Å². The van der Waals surface area contributed by atoms with Gasteiger partial charge < -0.3 is 34.6 Å². The van der Waals surface area contributed by atoms with Gasteiger partial charge in [-0.25, -0.2) is 0 Å². The van der Waals surface area contributed by atoms with Crippen molar-refractivity contribution < 1.29 is 34.0 Å². The summed E-state index contributed by atoms with van der Waals surface area (Å²) >= 11 is 0. The Morgan fingerprint density at radius 2 is 1.65 bits per heavy atom. The molecule has 3 N–H and O–H groups in total. The summed E-state index contributed by atoms with van der Waals surface area (Å²) < 4.78 is 18.3. The molecule has 9 heteroatoms. The molecule has 1 amide bonds. The van der Waals surface area contributed by atoms with Crippen LogP contribution in [0.3, 0.4) is 0 Å². The van der Waals surface area contributed by atoms with Crippen molar-refractivity contribution in [1.82, 2.24) is 10.2 Å². The van der Waals surface area contributed by atoms with E-state index in [2.05, 4.69) is 24.3 Å². The van der Waals surface area contributed by atoms with Crippen LogP contribution in [-0.2, 0) is 23.8 Å². The van der Waals surface area contributed by atoms with Gasteiger partial charge in [0.05, 0.1) is 29.8 Å². The van der Waals surface area contributed by atoms with Gasteiger partial charge in [-0.15, -0.1) is 0 Å². The van der Waals surface area contributed by atoms with Crippen LogP contribution in [0.5, 0.6) is 0 Å². The van der Waals surface area contributed by atoms with E-state index in [9.17, 15) is 19.8 Å². The third-order valence-electron chi connectivity index (χ3n) is 8.12. The molecule has 2 saturated heterocycles. The van der Waals surface area contributed by atoms with E-state index in [-0.39, 0.29) is 43.9 Å². The second kappa shape index (κ2) is 17.6. The van der Waals surface area contributed by atoms with Gasteiger partial charge in [0.15, 0.2) is 6.29 Å². The van der Waals surface area contributed by atoms with Crippen LogP contribution in [0.25, 0.3) is 0 Å². The molecule has 238 valence electrons. The molecule has 2 aliphatic rings. The minimum atomic E-state index is -1.38. The van der Waals surface area contributed by atoms with Crippen molar-refractivity contribution >= 4 is 11.9 Å². The first-order valence-corrected chi connectivity index (χ1v) is 15.0. The number of esters is 1. The number of nitrogens with zero attached hydrogens (tertiary/aromatic N) is 1. The Hall–Kier alpha value is -1.26. The Kier molecular flexibility index (Phi) is 17.1. The minimum Gasteiger partial charge on any atom is -0.459 e. The van der Waals surface area contributed by atoms with E-state index in [1.165, 1.54) is 0 Å². The molecule has 2 aliphatic heterocycles. The number of aliphatic hydroxyl groups excluding tert-OH is 1. The Balaban J connectivity index is 0.00000495. The molecule has 0 aliphatic carbocycles. The smallest absolute Gasteiger partial charge is 0.311 e. The van der Waals surface area contributed by atoms with E-state index in [1.807, 2.05) is 41.5 Å². The Morgan fingerprint density at radius 1 is 1.05 bits per heavy atom. The van der Waals surface area contributed by atoms with Crippen LogP contribution >= 0.6 is 0 Å². The maximum absolute atomic E-state index is 13.0. The van der Waals surface area contributed by atoms with Gasteiger partial charge in [-0.05, 0) is 79.8 Å². The van der Waals surface area contributed by atoms with E-state index >= 15 is 0 Å². The summed E-state index contributed by atoms with van der Waals surface area (Å²) in [6, 6.07) is 0.147. The van der Waals surface area contributed by atoms with E-state index in [0.717, 1.165) is 12.8 Å². The lowest BCUT2D eigenvalue weighted by Crippen LogP contribution is -2.47. The zero-order valence-electron chi connectivity index (χ0n) is 26.4. The molecule has 2 heterocycles. The van der Waals surface area contributed by atoms with Crippen LogP contribution in [0, 0.1) is 17.8 Å². The second-order valence-electron chi connectivity index (χ2n) is 12.2. The predicted molar refractivity (Wildman–Crippen MR) is 160 cm³/mol. The van der Waals surface area contributed by atoms with Crippen molar-refractivity contribution in [2.75, 3.05) is 14.1 Å². The normalized spacial score (nSPS) is 40.4. The van der Waals surface area contributed by atoms with Crippen molar-refractivity contribution in [3.05, 3.63) is 0 Å². The van der Waals surface area contributed by atoms with Crippen LogP contribution in [0.1, 0.15) is 108 Å². The van der Waals surface area contributed by atoms with Gasteiger partial charge in [0, 0.05) is 24.4 Å². The number of hydrogen-bond acceptors (Lipinski definition) is 8. The lowest BCUT2D eigenvalue weighted by Gasteiger charge is -2.39. The van der Waals surface area contributed by atoms with Gasteiger partial charge >= 0.3 is 5.97 Å². The number of rotatable bonds is 4. The molecular weight excluding hydrogens is 512 g/mol. The summed E-state index contributed by atoms with van der Waals surface area (Å²) in [5.74, 6) is -2.25. The molecule has 11 atom stereocenters. The Morgan fingerprint density at radius 3 is 2.20 bits per heavy atom. The molecule has 0 aromatic rings. The summed E-state index contributed by atoms with van der Waals surface area (Å²) in [7, 11) is 4.12.